The lowest BCUT2D eigenvalue weighted by Crippen LogP contribution is -2.49. The van der Waals surface area contributed by atoms with E-state index in [2.05, 4.69) is 40.9 Å². The number of nitrogens with zero attached hydrogens (tertiary/aromatic N) is 1. The van der Waals surface area contributed by atoms with E-state index in [-0.39, 0.29) is 5.91 Å². The first-order valence-corrected chi connectivity index (χ1v) is 7.62. The van der Waals surface area contributed by atoms with E-state index in [1.807, 2.05) is 18.2 Å². The summed E-state index contributed by atoms with van der Waals surface area (Å²) in [5.74, 6) is 0.505. The van der Waals surface area contributed by atoms with Gasteiger partial charge in [-0.05, 0) is 72.4 Å². The molecule has 1 amide bonds. The molecule has 0 atom stereocenters. The molecule has 1 fully saturated rings. The van der Waals surface area contributed by atoms with Gasteiger partial charge < -0.3 is 5.32 Å². The second kappa shape index (κ2) is 5.91. The normalized spacial score (nSPS) is 26.5. The predicted octanol–water partition coefficient (Wildman–Crippen LogP) is 3.49. The lowest BCUT2D eigenvalue weighted by molar-refractivity contribution is 0.0894. The van der Waals surface area contributed by atoms with Crippen LogP contribution in [0.1, 0.15) is 43.0 Å². The van der Waals surface area contributed by atoms with Gasteiger partial charge in [0.2, 0.25) is 0 Å². The van der Waals surface area contributed by atoms with Gasteiger partial charge >= 0.3 is 0 Å². The first kappa shape index (κ1) is 14.3. The van der Waals surface area contributed by atoms with Gasteiger partial charge in [0.05, 0.1) is 6.07 Å². The van der Waals surface area contributed by atoms with Crippen molar-refractivity contribution in [3.05, 3.63) is 33.4 Å². The minimum Gasteiger partial charge on any atom is -0.334 e. The molecule has 19 heavy (non-hydrogen) atoms. The second-order valence-electron chi connectivity index (χ2n) is 5.34. The average Bonchev–Trinajstić information content (AvgIpc) is 2.42. The van der Waals surface area contributed by atoms with Crippen molar-refractivity contribution < 1.29 is 4.79 Å². The van der Waals surface area contributed by atoms with Gasteiger partial charge in [-0.2, -0.15) is 5.26 Å². The molecule has 1 saturated carbocycles. The minimum atomic E-state index is -0.676. The lowest BCUT2D eigenvalue weighted by Gasteiger charge is -2.34. The molecule has 0 radical (unpaired) electrons. The first-order chi connectivity index (χ1) is 9.04. The molecule has 1 aromatic carbocycles. The fourth-order valence-electron chi connectivity index (χ4n) is 2.44. The molecule has 0 saturated heterocycles. The van der Waals surface area contributed by atoms with Crippen molar-refractivity contribution in [3.63, 3.8) is 0 Å². The summed E-state index contributed by atoms with van der Waals surface area (Å²) in [6, 6.07) is 9.75. The minimum absolute atomic E-state index is 0.144. The van der Waals surface area contributed by atoms with Crippen molar-refractivity contribution in [2.45, 2.75) is 38.1 Å². The Morgan fingerprint density at radius 1 is 1.47 bits per heavy atom. The number of carbonyl (C=O) groups is 1. The molecule has 1 aliphatic carbocycles. The van der Waals surface area contributed by atoms with E-state index < -0.39 is 5.54 Å². The van der Waals surface area contributed by atoms with E-state index in [0.717, 1.165) is 29.3 Å². The van der Waals surface area contributed by atoms with Crippen LogP contribution in [0, 0.1) is 20.8 Å². The molecule has 4 heteroatoms. The van der Waals surface area contributed by atoms with Gasteiger partial charge in [-0.25, -0.2) is 0 Å². The second-order valence-corrected chi connectivity index (χ2v) is 6.59. The number of benzene rings is 1. The number of halogens is 1. The predicted molar refractivity (Wildman–Crippen MR) is 82.6 cm³/mol. The van der Waals surface area contributed by atoms with E-state index in [1.54, 1.807) is 6.07 Å². The summed E-state index contributed by atoms with van der Waals surface area (Å²) in [4.78, 5) is 12.2. The van der Waals surface area contributed by atoms with Gasteiger partial charge in [0, 0.05) is 9.13 Å². The molecule has 0 heterocycles. The van der Waals surface area contributed by atoms with E-state index in [9.17, 15) is 10.1 Å². The van der Waals surface area contributed by atoms with Crippen molar-refractivity contribution in [1.29, 1.82) is 5.26 Å². The Balaban J connectivity index is 2.11. The molecule has 0 aliphatic heterocycles. The fraction of sp³-hybridized carbons (Fsp3) is 0.467. The Morgan fingerprint density at radius 3 is 2.74 bits per heavy atom. The van der Waals surface area contributed by atoms with E-state index in [0.29, 0.717) is 11.5 Å². The summed E-state index contributed by atoms with van der Waals surface area (Å²) >= 11 is 2.18. The zero-order valence-corrected chi connectivity index (χ0v) is 13.1. The number of hydrogen-bond donors (Lipinski definition) is 1. The summed E-state index contributed by atoms with van der Waals surface area (Å²) in [6.07, 6.45) is 3.50. The number of hydrogen-bond acceptors (Lipinski definition) is 2. The van der Waals surface area contributed by atoms with Crippen LogP contribution in [0.15, 0.2) is 24.3 Å². The van der Waals surface area contributed by atoms with Crippen LogP contribution in [0.5, 0.6) is 0 Å². The highest BCUT2D eigenvalue weighted by Crippen LogP contribution is 2.31. The van der Waals surface area contributed by atoms with Gasteiger partial charge in [0.15, 0.2) is 0 Å². The maximum Gasteiger partial charge on any atom is 0.252 e. The molecule has 0 bridgehead atoms. The maximum atomic E-state index is 12.2. The SMILES string of the molecule is CC1CCC(C#N)(NC(=O)c2cccc(I)c2)CC1. The van der Waals surface area contributed by atoms with Crippen molar-refractivity contribution >= 4 is 28.5 Å². The third kappa shape index (κ3) is 3.47. The molecule has 1 N–H and O–H groups in total. The van der Waals surface area contributed by atoms with Crippen LogP contribution >= 0.6 is 22.6 Å². The highest BCUT2D eigenvalue weighted by atomic mass is 127. The van der Waals surface area contributed by atoms with Crippen LogP contribution in [0.3, 0.4) is 0 Å². The molecule has 1 aromatic rings. The summed E-state index contributed by atoms with van der Waals surface area (Å²) in [7, 11) is 0. The van der Waals surface area contributed by atoms with E-state index in [1.165, 1.54) is 0 Å². The Kier molecular flexibility index (Phi) is 4.46. The number of rotatable bonds is 2. The molecule has 0 unspecified atom stereocenters. The molecular formula is C15H17IN2O. The van der Waals surface area contributed by atoms with Crippen LogP contribution in [0.2, 0.25) is 0 Å². The van der Waals surface area contributed by atoms with Crippen molar-refractivity contribution in [3.8, 4) is 6.07 Å². The number of nitrogens with one attached hydrogen (secondary N) is 1. The topological polar surface area (TPSA) is 52.9 Å². The van der Waals surface area contributed by atoms with Gasteiger partial charge in [-0.15, -0.1) is 0 Å². The highest BCUT2D eigenvalue weighted by molar-refractivity contribution is 14.1. The molecule has 0 spiro atoms. The van der Waals surface area contributed by atoms with Gasteiger partial charge in [0.1, 0.15) is 5.54 Å². The van der Waals surface area contributed by atoms with E-state index >= 15 is 0 Å². The summed E-state index contributed by atoms with van der Waals surface area (Å²) in [6.45, 7) is 2.20. The number of carbonyl (C=O) groups excluding carboxylic acids is 1. The lowest BCUT2D eigenvalue weighted by atomic mass is 9.78. The van der Waals surface area contributed by atoms with Crippen LogP contribution in [0.4, 0.5) is 0 Å². The quantitative estimate of drug-likeness (QED) is 0.813. The Labute approximate surface area is 127 Å². The Hall–Kier alpha value is -1.09. The third-order valence-corrected chi connectivity index (χ3v) is 4.45. The van der Waals surface area contributed by atoms with Crippen molar-refractivity contribution in [2.75, 3.05) is 0 Å². The molecule has 1 aliphatic rings. The van der Waals surface area contributed by atoms with Crippen LogP contribution in [-0.4, -0.2) is 11.4 Å². The summed E-state index contributed by atoms with van der Waals surface area (Å²) in [5.41, 5.74) is -0.0506. The molecule has 3 nitrogen and oxygen atoms in total. The summed E-state index contributed by atoms with van der Waals surface area (Å²) < 4.78 is 1.02. The van der Waals surface area contributed by atoms with Crippen LogP contribution in [0.25, 0.3) is 0 Å². The molecule has 100 valence electrons. The largest absolute Gasteiger partial charge is 0.334 e. The molecule has 0 aromatic heterocycles. The van der Waals surface area contributed by atoms with Gasteiger partial charge in [0.25, 0.3) is 5.91 Å². The van der Waals surface area contributed by atoms with Crippen LogP contribution < -0.4 is 5.32 Å². The monoisotopic (exact) mass is 368 g/mol. The standard InChI is InChI=1S/C15H17IN2O/c1-11-5-7-15(10-17,8-6-11)18-14(19)12-3-2-4-13(16)9-12/h2-4,9,11H,5-8H2,1H3,(H,18,19). The number of nitriles is 1. The van der Waals surface area contributed by atoms with Crippen molar-refractivity contribution in [2.24, 2.45) is 5.92 Å². The zero-order valence-electron chi connectivity index (χ0n) is 10.9. The average molecular weight is 368 g/mol. The number of amides is 1. The van der Waals surface area contributed by atoms with Gasteiger partial charge in [-0.3, -0.25) is 4.79 Å². The first-order valence-electron chi connectivity index (χ1n) is 6.54. The van der Waals surface area contributed by atoms with E-state index in [4.69, 9.17) is 0 Å². The zero-order chi connectivity index (χ0) is 13.9. The Morgan fingerprint density at radius 2 is 2.16 bits per heavy atom. The fourth-order valence-corrected chi connectivity index (χ4v) is 2.98. The Bertz CT molecular complexity index is 513. The molecular weight excluding hydrogens is 351 g/mol. The van der Waals surface area contributed by atoms with Crippen molar-refractivity contribution in [1.82, 2.24) is 5.32 Å². The van der Waals surface area contributed by atoms with Crippen LogP contribution in [-0.2, 0) is 0 Å². The molecule has 2 rings (SSSR count). The highest BCUT2D eigenvalue weighted by Gasteiger charge is 2.35. The van der Waals surface area contributed by atoms with Gasteiger partial charge in [-0.1, -0.05) is 13.0 Å². The maximum absolute atomic E-state index is 12.2. The summed E-state index contributed by atoms with van der Waals surface area (Å²) in [5, 5.41) is 12.4. The smallest absolute Gasteiger partial charge is 0.252 e. The third-order valence-electron chi connectivity index (χ3n) is 3.78.